The number of hydrogen-bond acceptors (Lipinski definition) is 7. The molecule has 5 aliphatic rings. The lowest BCUT2D eigenvalue weighted by Crippen LogP contribution is -2.50. The molecular weight excluding hydrogens is 851 g/mol. The van der Waals surface area contributed by atoms with Gasteiger partial charge in [-0.25, -0.2) is 4.79 Å². The predicted octanol–water partition coefficient (Wildman–Crippen LogP) is 14.9. The molecular formula is C57H101N3O6Si. The minimum Gasteiger partial charge on any atom is -0.408 e. The first-order valence-corrected chi connectivity index (χ1v) is 31.6. The summed E-state index contributed by atoms with van der Waals surface area (Å²) in [5.41, 5.74) is 0.172. The number of aromatic nitrogens is 2. The van der Waals surface area contributed by atoms with Crippen molar-refractivity contribution in [2.45, 2.75) is 270 Å². The van der Waals surface area contributed by atoms with Gasteiger partial charge in [-0.2, -0.15) is 0 Å². The quantitative estimate of drug-likeness (QED) is 0.0308. The van der Waals surface area contributed by atoms with Crippen LogP contribution in [0.4, 0.5) is 0 Å². The number of oxime groups is 1. The average Bonchev–Trinajstić information content (AvgIpc) is 4.16. The fourth-order valence-electron chi connectivity index (χ4n) is 11.8. The fourth-order valence-corrected chi connectivity index (χ4v) is 13.1. The molecule has 2 heterocycles. The molecule has 0 amide bonds. The summed E-state index contributed by atoms with van der Waals surface area (Å²) in [5, 5.41) is 4.79. The van der Waals surface area contributed by atoms with E-state index in [1.807, 2.05) is 0 Å². The first-order valence-electron chi connectivity index (χ1n) is 28.7. The topological polar surface area (TPSA) is 104 Å². The molecule has 1 aromatic heterocycles. The van der Waals surface area contributed by atoms with Gasteiger partial charge in [0, 0.05) is 19.4 Å². The van der Waals surface area contributed by atoms with E-state index in [-0.39, 0.29) is 11.6 Å². The van der Waals surface area contributed by atoms with Crippen LogP contribution in [0.3, 0.4) is 0 Å². The number of rotatable bonds is 37. The number of ether oxygens (including phenoxy) is 2. The molecule has 4 saturated carbocycles. The minimum absolute atomic E-state index is 0.0458. The Hall–Kier alpha value is -1.75. The third-order valence-electron chi connectivity index (χ3n) is 17.8. The van der Waals surface area contributed by atoms with Crippen molar-refractivity contribution < 1.29 is 18.7 Å². The van der Waals surface area contributed by atoms with Crippen LogP contribution in [0, 0.1) is 47.3 Å². The van der Waals surface area contributed by atoms with E-state index < -0.39 is 44.1 Å². The highest BCUT2D eigenvalue weighted by molar-refractivity contribution is 6.74. The molecule has 0 radical (unpaired) electrons. The van der Waals surface area contributed by atoms with E-state index in [1.165, 1.54) is 171 Å². The van der Waals surface area contributed by atoms with Gasteiger partial charge in [0.2, 0.25) is 0 Å². The van der Waals surface area contributed by atoms with Gasteiger partial charge >= 0.3 is 5.69 Å². The number of aromatic amines is 1. The fraction of sp³-hybridized carbons (Fsp3) is 0.912. The molecule has 0 spiro atoms. The van der Waals surface area contributed by atoms with Gasteiger partial charge in [-0.15, -0.1) is 0 Å². The first-order chi connectivity index (χ1) is 32.3. The lowest BCUT2D eigenvalue weighted by atomic mass is 10.0. The van der Waals surface area contributed by atoms with Gasteiger partial charge in [0.15, 0.2) is 14.5 Å². The summed E-state index contributed by atoms with van der Waals surface area (Å²) < 4.78 is 21.0. The smallest absolute Gasteiger partial charge is 0.330 e. The number of hydrogen-bond donors (Lipinski definition) is 1. The molecule has 10 unspecified atom stereocenters. The summed E-state index contributed by atoms with van der Waals surface area (Å²) >= 11 is 0. The van der Waals surface area contributed by atoms with E-state index in [0.717, 1.165) is 78.7 Å². The molecule has 384 valence electrons. The van der Waals surface area contributed by atoms with Crippen LogP contribution >= 0.6 is 0 Å². The lowest BCUT2D eigenvalue weighted by Gasteiger charge is -2.40. The molecule has 6 rings (SSSR count). The average molecular weight is 953 g/mol. The highest BCUT2D eigenvalue weighted by Gasteiger charge is 2.52. The van der Waals surface area contributed by atoms with Crippen molar-refractivity contribution in [2.24, 2.45) is 52.5 Å². The summed E-state index contributed by atoms with van der Waals surface area (Å²) in [7, 11) is -0.655. The summed E-state index contributed by atoms with van der Waals surface area (Å²) in [6.45, 7) is 15.9. The second-order valence-corrected chi connectivity index (χ2v) is 29.1. The van der Waals surface area contributed by atoms with Crippen LogP contribution < -0.4 is 11.2 Å². The van der Waals surface area contributed by atoms with E-state index in [4.69, 9.17) is 23.9 Å². The number of nitrogens with one attached hydrogen (secondary N) is 1. The third kappa shape index (κ3) is 18.1. The zero-order chi connectivity index (χ0) is 47.8. The molecule has 12 atom stereocenters. The Kier molecular flexibility index (Phi) is 22.1. The molecule has 5 fully saturated rings. The van der Waals surface area contributed by atoms with Crippen LogP contribution in [0.2, 0.25) is 18.1 Å². The summed E-state index contributed by atoms with van der Waals surface area (Å²) in [4.78, 5) is 33.5. The third-order valence-corrected chi connectivity index (χ3v) is 22.3. The van der Waals surface area contributed by atoms with E-state index >= 15 is 0 Å². The van der Waals surface area contributed by atoms with E-state index in [1.54, 1.807) is 20.0 Å². The number of methoxy groups -OCH3 is 1. The zero-order valence-electron chi connectivity index (χ0n) is 44.3. The summed E-state index contributed by atoms with van der Waals surface area (Å²) in [6.07, 6.45) is 40.4. The molecule has 1 aliphatic heterocycles. The molecule has 0 bridgehead atoms. The van der Waals surface area contributed by atoms with Crippen molar-refractivity contribution in [1.29, 1.82) is 0 Å². The molecule has 67 heavy (non-hydrogen) atoms. The Labute approximate surface area is 410 Å². The van der Waals surface area contributed by atoms with Crippen molar-refractivity contribution >= 4 is 14.0 Å². The molecule has 10 heteroatoms. The van der Waals surface area contributed by atoms with Crippen LogP contribution in [0.1, 0.15) is 233 Å². The largest absolute Gasteiger partial charge is 0.408 e. The minimum atomic E-state index is -2.28. The molecule has 1 aromatic rings. The molecule has 1 N–H and O–H groups in total. The van der Waals surface area contributed by atoms with Gasteiger partial charge in [0.05, 0.1) is 5.71 Å². The Bertz CT molecular complexity index is 1660. The van der Waals surface area contributed by atoms with Crippen molar-refractivity contribution in [2.75, 3.05) is 13.7 Å². The van der Waals surface area contributed by atoms with Crippen molar-refractivity contribution in [3.8, 4) is 0 Å². The molecule has 0 aromatic carbocycles. The number of H-pyrrole nitrogens is 1. The van der Waals surface area contributed by atoms with Crippen LogP contribution in [0.5, 0.6) is 0 Å². The van der Waals surface area contributed by atoms with Crippen LogP contribution in [-0.4, -0.2) is 55.6 Å². The second kappa shape index (κ2) is 27.2. The van der Waals surface area contributed by atoms with Gasteiger partial charge in [-0.3, -0.25) is 14.3 Å². The van der Waals surface area contributed by atoms with Gasteiger partial charge in [0.25, 0.3) is 5.56 Å². The second-order valence-electron chi connectivity index (χ2n) is 24.4. The lowest BCUT2D eigenvalue weighted by molar-refractivity contribution is -0.0717. The summed E-state index contributed by atoms with van der Waals surface area (Å²) in [6, 6.07) is 1.34. The van der Waals surface area contributed by atoms with Gasteiger partial charge in [-0.1, -0.05) is 168 Å². The van der Waals surface area contributed by atoms with Crippen LogP contribution in [0.15, 0.2) is 27.0 Å². The normalized spacial score (nSPS) is 29.9. The Morgan fingerprint density at radius 1 is 0.672 bits per heavy atom. The van der Waals surface area contributed by atoms with Crippen LogP contribution in [-0.2, 0) is 18.7 Å². The molecule has 1 saturated heterocycles. The van der Waals surface area contributed by atoms with E-state index in [2.05, 4.69) is 52.7 Å². The number of unbranched alkanes of at least 4 members (excludes halogenated alkanes) is 14. The maximum atomic E-state index is 13.0. The van der Waals surface area contributed by atoms with Gasteiger partial charge < -0.3 is 18.7 Å². The van der Waals surface area contributed by atoms with Gasteiger partial charge in [0.1, 0.15) is 24.9 Å². The monoisotopic (exact) mass is 952 g/mol. The zero-order valence-corrected chi connectivity index (χ0v) is 45.3. The highest BCUT2D eigenvalue weighted by Crippen LogP contribution is 2.56. The van der Waals surface area contributed by atoms with Crippen LogP contribution in [0.25, 0.3) is 0 Å². The standard InChI is InChI=1S/C57H101N3O6Si/c1-9-11-21-27-42-35-46(42)39-48-37-44(48)29-23-17-13-15-19-25-31-50(32-26-20-16-14-18-24-30-45-38-49(45)40-47-36-43(47)28-22-12-10-2)59-64-41-51-53(66-67(7,8)57(3,4)5)54(63-6)55(65-51)60-34-33-52(61)58-56(60)62/h33-34,42-49,51,53-55H,9-32,35-41H2,1-8H3,(H,58,61,62)/t42?,43?,44?,45?,46?,47?,48?,49?,51-,53?,54?,55-/m1/s1. The SMILES string of the molecule is CCCCCC1CC1CC1CC1CCCCCCCCC(CCCCCCCCC1CC1CC1CC1CCCCC)=NOC[C@H]1O[C@@H](n2ccc(=O)[nH]c2=O)C(OC)C1O[Si](C)(C)C(C)(C)C. The number of nitrogens with zero attached hydrogens (tertiary/aromatic N) is 2. The maximum Gasteiger partial charge on any atom is 0.330 e. The van der Waals surface area contributed by atoms with Crippen molar-refractivity contribution in [3.63, 3.8) is 0 Å². The Morgan fingerprint density at radius 3 is 1.55 bits per heavy atom. The van der Waals surface area contributed by atoms with E-state index in [9.17, 15) is 9.59 Å². The highest BCUT2D eigenvalue weighted by atomic mass is 28.4. The van der Waals surface area contributed by atoms with E-state index in [0.29, 0.717) is 0 Å². The maximum absolute atomic E-state index is 13.0. The van der Waals surface area contributed by atoms with Crippen molar-refractivity contribution in [3.05, 3.63) is 33.1 Å². The first kappa shape index (κ1) is 54.6. The molecule has 9 nitrogen and oxygen atoms in total. The van der Waals surface area contributed by atoms with Gasteiger partial charge in [-0.05, 0) is 130 Å². The summed E-state index contributed by atoms with van der Waals surface area (Å²) in [5.74, 6) is 8.52. The Balaban J connectivity index is 0.923. The predicted molar refractivity (Wildman–Crippen MR) is 279 cm³/mol. The Morgan fingerprint density at radius 2 is 1.12 bits per heavy atom. The molecule has 4 aliphatic carbocycles. The van der Waals surface area contributed by atoms with Crippen molar-refractivity contribution in [1.82, 2.24) is 9.55 Å².